The highest BCUT2D eigenvalue weighted by atomic mass is 19.4. The molecular weight excluding hydrogens is 371 g/mol. The van der Waals surface area contributed by atoms with Crippen LogP contribution in [0.1, 0.15) is 42.7 Å². The van der Waals surface area contributed by atoms with E-state index in [1.54, 1.807) is 6.92 Å². The summed E-state index contributed by atoms with van der Waals surface area (Å²) in [6, 6.07) is -0.776. The number of nitrogens with two attached hydrogens (primary N) is 1. The standard InChI is InChI=1S/C16H20F3N3O5/c1-3-26-12(23)6-5-11(15(25)27-4-2)22-14(24)13-10(16(17,18)19)7-9(20)8-21-13/h7-8,11H,3-6,20H2,1-2H3,(H,22,24)/t11-/m0/s1. The maximum absolute atomic E-state index is 13.1. The normalized spacial score (nSPS) is 12.2. The molecule has 1 rings (SSSR count). The number of ether oxygens (including phenoxy) is 2. The molecule has 1 heterocycles. The van der Waals surface area contributed by atoms with E-state index in [0.717, 1.165) is 6.20 Å². The lowest BCUT2D eigenvalue weighted by Crippen LogP contribution is -2.43. The number of alkyl halides is 3. The lowest BCUT2D eigenvalue weighted by atomic mass is 10.1. The number of esters is 2. The molecule has 0 radical (unpaired) electrons. The largest absolute Gasteiger partial charge is 0.466 e. The Morgan fingerprint density at radius 3 is 2.41 bits per heavy atom. The zero-order chi connectivity index (χ0) is 20.6. The van der Waals surface area contributed by atoms with Gasteiger partial charge in [0.15, 0.2) is 0 Å². The van der Waals surface area contributed by atoms with Crippen molar-refractivity contribution < 1.29 is 37.0 Å². The zero-order valence-electron chi connectivity index (χ0n) is 14.8. The third-order valence-electron chi connectivity index (χ3n) is 3.25. The van der Waals surface area contributed by atoms with Crippen LogP contribution in [0.4, 0.5) is 18.9 Å². The minimum Gasteiger partial charge on any atom is -0.466 e. The first-order chi connectivity index (χ1) is 12.6. The molecule has 0 fully saturated rings. The molecule has 11 heteroatoms. The quantitative estimate of drug-likeness (QED) is 0.647. The molecule has 3 N–H and O–H groups in total. The van der Waals surface area contributed by atoms with E-state index in [9.17, 15) is 27.6 Å². The molecule has 0 aliphatic rings. The summed E-state index contributed by atoms with van der Waals surface area (Å²) in [5, 5.41) is 2.12. The Labute approximate surface area is 153 Å². The average Bonchev–Trinajstić information content (AvgIpc) is 2.57. The Balaban J connectivity index is 3.02. The van der Waals surface area contributed by atoms with Crippen LogP contribution in [0.25, 0.3) is 0 Å². The average molecular weight is 391 g/mol. The molecule has 8 nitrogen and oxygen atoms in total. The number of hydrogen-bond donors (Lipinski definition) is 2. The third kappa shape index (κ3) is 6.76. The second-order valence-corrected chi connectivity index (χ2v) is 5.28. The van der Waals surface area contributed by atoms with E-state index in [4.69, 9.17) is 15.2 Å². The minimum absolute atomic E-state index is 0.0153. The third-order valence-corrected chi connectivity index (χ3v) is 3.25. The number of nitrogen functional groups attached to an aromatic ring is 1. The van der Waals surface area contributed by atoms with Crippen molar-refractivity contribution in [2.45, 2.75) is 38.9 Å². The Morgan fingerprint density at radius 2 is 1.85 bits per heavy atom. The maximum Gasteiger partial charge on any atom is 0.418 e. The van der Waals surface area contributed by atoms with Crippen LogP contribution >= 0.6 is 0 Å². The van der Waals surface area contributed by atoms with Gasteiger partial charge in [-0.05, 0) is 26.3 Å². The lowest BCUT2D eigenvalue weighted by Gasteiger charge is -2.18. The van der Waals surface area contributed by atoms with Gasteiger partial charge in [0.05, 0.1) is 30.7 Å². The molecule has 1 amide bonds. The van der Waals surface area contributed by atoms with Crippen molar-refractivity contribution in [3.8, 4) is 0 Å². The fourth-order valence-electron chi connectivity index (χ4n) is 2.09. The van der Waals surface area contributed by atoms with Crippen molar-refractivity contribution in [1.29, 1.82) is 0 Å². The summed E-state index contributed by atoms with van der Waals surface area (Å²) in [7, 11) is 0. The van der Waals surface area contributed by atoms with Crippen LogP contribution in [-0.4, -0.2) is 42.1 Å². The molecule has 0 aliphatic heterocycles. The van der Waals surface area contributed by atoms with Crippen molar-refractivity contribution >= 4 is 23.5 Å². The van der Waals surface area contributed by atoms with Gasteiger partial charge in [-0.15, -0.1) is 0 Å². The first kappa shape index (κ1) is 22.2. The highest BCUT2D eigenvalue weighted by Crippen LogP contribution is 2.32. The van der Waals surface area contributed by atoms with Gasteiger partial charge in [0.2, 0.25) is 0 Å². The van der Waals surface area contributed by atoms with Crippen molar-refractivity contribution in [2.24, 2.45) is 0 Å². The van der Waals surface area contributed by atoms with Gasteiger partial charge < -0.3 is 20.5 Å². The van der Waals surface area contributed by atoms with Crippen LogP contribution in [0.2, 0.25) is 0 Å². The van der Waals surface area contributed by atoms with E-state index in [-0.39, 0.29) is 31.7 Å². The van der Waals surface area contributed by atoms with Gasteiger partial charge in [-0.25, -0.2) is 9.78 Å². The molecule has 27 heavy (non-hydrogen) atoms. The predicted octanol–water partition coefficient (Wildman–Crippen LogP) is 1.69. The van der Waals surface area contributed by atoms with Gasteiger partial charge >= 0.3 is 18.1 Å². The first-order valence-electron chi connectivity index (χ1n) is 8.05. The number of halogens is 3. The number of nitrogens with zero attached hydrogens (tertiary/aromatic N) is 1. The summed E-state index contributed by atoms with van der Waals surface area (Å²) in [5.74, 6) is -2.76. The van der Waals surface area contributed by atoms with E-state index in [1.807, 2.05) is 0 Å². The molecule has 0 aliphatic carbocycles. The second-order valence-electron chi connectivity index (χ2n) is 5.28. The van der Waals surface area contributed by atoms with Crippen molar-refractivity contribution in [3.63, 3.8) is 0 Å². The van der Waals surface area contributed by atoms with E-state index in [0.29, 0.717) is 6.07 Å². The summed E-state index contributed by atoms with van der Waals surface area (Å²) in [6.07, 6.45) is -4.43. The molecule has 0 bridgehead atoms. The summed E-state index contributed by atoms with van der Waals surface area (Å²) >= 11 is 0. The molecule has 1 aromatic rings. The van der Waals surface area contributed by atoms with E-state index < -0.39 is 41.3 Å². The molecule has 1 atom stereocenters. The number of aromatic nitrogens is 1. The topological polar surface area (TPSA) is 121 Å². The Bertz CT molecular complexity index is 694. The molecule has 1 aromatic heterocycles. The summed E-state index contributed by atoms with van der Waals surface area (Å²) in [6.45, 7) is 3.22. The van der Waals surface area contributed by atoms with Crippen molar-refractivity contribution in [2.75, 3.05) is 18.9 Å². The van der Waals surface area contributed by atoms with Crippen molar-refractivity contribution in [3.05, 3.63) is 23.5 Å². The Kier molecular flexibility index (Phi) is 8.00. The Hall–Kier alpha value is -2.85. The molecule has 150 valence electrons. The van der Waals surface area contributed by atoms with Gasteiger partial charge in [-0.1, -0.05) is 0 Å². The van der Waals surface area contributed by atoms with Gasteiger partial charge in [0, 0.05) is 6.42 Å². The number of amides is 1. The predicted molar refractivity (Wildman–Crippen MR) is 87.4 cm³/mol. The number of carbonyl (C=O) groups excluding carboxylic acids is 3. The minimum atomic E-state index is -4.88. The number of rotatable bonds is 8. The molecule has 0 spiro atoms. The number of pyridine rings is 1. The number of carbonyl (C=O) groups is 3. The molecule has 0 unspecified atom stereocenters. The fraction of sp³-hybridized carbons (Fsp3) is 0.500. The van der Waals surface area contributed by atoms with Crippen LogP contribution in [0.5, 0.6) is 0 Å². The SMILES string of the molecule is CCOC(=O)CC[C@H](NC(=O)c1ncc(N)cc1C(F)(F)F)C(=O)OCC. The van der Waals surface area contributed by atoms with Gasteiger partial charge in [-0.3, -0.25) is 9.59 Å². The molecule has 0 aromatic carbocycles. The van der Waals surface area contributed by atoms with Crippen LogP contribution in [0.15, 0.2) is 12.3 Å². The monoisotopic (exact) mass is 391 g/mol. The van der Waals surface area contributed by atoms with E-state index in [2.05, 4.69) is 10.3 Å². The highest BCUT2D eigenvalue weighted by molar-refractivity contribution is 5.96. The molecular formula is C16H20F3N3O5. The van der Waals surface area contributed by atoms with Gasteiger partial charge in [0.1, 0.15) is 11.7 Å². The number of anilines is 1. The van der Waals surface area contributed by atoms with Gasteiger partial charge in [0.25, 0.3) is 5.91 Å². The van der Waals surface area contributed by atoms with Crippen LogP contribution in [-0.2, 0) is 25.2 Å². The summed E-state index contributed by atoms with van der Waals surface area (Å²) < 4.78 is 48.8. The highest BCUT2D eigenvalue weighted by Gasteiger charge is 2.37. The summed E-state index contributed by atoms with van der Waals surface area (Å²) in [4.78, 5) is 39.1. The molecule has 0 saturated carbocycles. The van der Waals surface area contributed by atoms with Gasteiger partial charge in [-0.2, -0.15) is 13.2 Å². The van der Waals surface area contributed by atoms with Crippen LogP contribution < -0.4 is 11.1 Å². The zero-order valence-corrected chi connectivity index (χ0v) is 14.8. The summed E-state index contributed by atoms with van der Waals surface area (Å²) in [5.41, 5.74) is 2.75. The number of hydrogen-bond acceptors (Lipinski definition) is 7. The first-order valence-corrected chi connectivity index (χ1v) is 8.05. The molecule has 0 saturated heterocycles. The van der Waals surface area contributed by atoms with E-state index in [1.165, 1.54) is 6.92 Å². The fourth-order valence-corrected chi connectivity index (χ4v) is 2.09. The maximum atomic E-state index is 13.1. The van der Waals surface area contributed by atoms with E-state index >= 15 is 0 Å². The second kappa shape index (κ2) is 9.74. The number of nitrogens with one attached hydrogen (secondary N) is 1. The lowest BCUT2D eigenvalue weighted by molar-refractivity contribution is -0.146. The Morgan fingerprint density at radius 1 is 1.22 bits per heavy atom. The smallest absolute Gasteiger partial charge is 0.418 e. The van der Waals surface area contributed by atoms with Crippen LogP contribution in [0.3, 0.4) is 0 Å². The van der Waals surface area contributed by atoms with Crippen molar-refractivity contribution in [1.82, 2.24) is 10.3 Å². The van der Waals surface area contributed by atoms with Crippen LogP contribution in [0, 0.1) is 0 Å².